The van der Waals surface area contributed by atoms with Crippen molar-refractivity contribution in [3.05, 3.63) is 36.8 Å². The van der Waals surface area contributed by atoms with Gasteiger partial charge in [-0.15, -0.1) is 0 Å². The molecule has 2 aromatic heterocycles. The Morgan fingerprint density at radius 2 is 2.20 bits per heavy atom. The quantitative estimate of drug-likeness (QED) is 0.734. The Hall–Kier alpha value is -2.44. The molecule has 2 rings (SSSR count). The molecule has 0 aliphatic carbocycles. The smallest absolute Gasteiger partial charge is 0.271 e. The number of hydrogen-bond acceptors (Lipinski definition) is 5. The summed E-state index contributed by atoms with van der Waals surface area (Å²) in [5.41, 5.74) is 0.332. The van der Waals surface area contributed by atoms with E-state index in [1.54, 1.807) is 19.6 Å². The first-order valence-electron chi connectivity index (χ1n) is 6.53. The van der Waals surface area contributed by atoms with Gasteiger partial charge < -0.3 is 15.2 Å². The zero-order valence-electron chi connectivity index (χ0n) is 11.4. The first-order valence-corrected chi connectivity index (χ1v) is 6.53. The molecule has 20 heavy (non-hydrogen) atoms. The normalized spacial score (nSPS) is 10.2. The van der Waals surface area contributed by atoms with Crippen molar-refractivity contribution in [2.75, 3.05) is 18.9 Å². The van der Waals surface area contributed by atoms with E-state index in [-0.39, 0.29) is 5.91 Å². The van der Waals surface area contributed by atoms with Gasteiger partial charge in [0.2, 0.25) is 0 Å². The highest BCUT2D eigenvalue weighted by Crippen LogP contribution is 2.00. The van der Waals surface area contributed by atoms with Crippen LogP contribution in [0.2, 0.25) is 0 Å². The lowest BCUT2D eigenvalue weighted by Crippen LogP contribution is -2.25. The molecule has 106 valence electrons. The molecule has 0 saturated heterocycles. The summed E-state index contributed by atoms with van der Waals surface area (Å²) in [5, 5.41) is 5.68. The van der Waals surface area contributed by atoms with Crippen LogP contribution < -0.4 is 10.6 Å². The number of carbonyl (C=O) groups is 1. The summed E-state index contributed by atoms with van der Waals surface area (Å²) in [4.78, 5) is 23.9. The molecular formula is C13H18N6O. The second-order valence-electron chi connectivity index (χ2n) is 4.30. The lowest BCUT2D eigenvalue weighted by atomic mass is 10.3. The Labute approximate surface area is 117 Å². The molecule has 0 unspecified atom stereocenters. The number of nitrogens with zero attached hydrogens (tertiary/aromatic N) is 4. The lowest BCUT2D eigenvalue weighted by Gasteiger charge is -2.05. The highest BCUT2D eigenvalue weighted by atomic mass is 16.1. The van der Waals surface area contributed by atoms with Gasteiger partial charge in [0.05, 0.1) is 18.7 Å². The van der Waals surface area contributed by atoms with Crippen LogP contribution in [0.4, 0.5) is 5.82 Å². The van der Waals surface area contributed by atoms with Crippen molar-refractivity contribution < 1.29 is 4.79 Å². The number of aromatic nitrogens is 4. The molecule has 0 bridgehead atoms. The maximum absolute atomic E-state index is 11.8. The van der Waals surface area contributed by atoms with Gasteiger partial charge in [-0.05, 0) is 12.8 Å². The number of anilines is 1. The maximum atomic E-state index is 11.8. The molecule has 0 spiro atoms. The van der Waals surface area contributed by atoms with Crippen LogP contribution >= 0.6 is 0 Å². The first-order chi connectivity index (χ1) is 9.79. The van der Waals surface area contributed by atoms with Crippen molar-refractivity contribution in [3.63, 3.8) is 0 Å². The first kappa shape index (κ1) is 14.0. The van der Waals surface area contributed by atoms with Gasteiger partial charge in [0.15, 0.2) is 0 Å². The van der Waals surface area contributed by atoms with Gasteiger partial charge in [-0.2, -0.15) is 0 Å². The van der Waals surface area contributed by atoms with Gasteiger partial charge in [-0.1, -0.05) is 0 Å². The summed E-state index contributed by atoms with van der Waals surface area (Å²) >= 11 is 0. The van der Waals surface area contributed by atoms with Crippen LogP contribution in [-0.4, -0.2) is 39.0 Å². The van der Waals surface area contributed by atoms with Gasteiger partial charge in [0.25, 0.3) is 5.91 Å². The van der Waals surface area contributed by atoms with Crippen molar-refractivity contribution in [1.82, 2.24) is 24.8 Å². The molecule has 1 amide bonds. The minimum Gasteiger partial charge on any atom is -0.372 e. The van der Waals surface area contributed by atoms with Crippen LogP contribution in [0.25, 0.3) is 0 Å². The Bertz CT molecular complexity index is 522. The molecule has 0 fully saturated rings. The monoisotopic (exact) mass is 274 g/mol. The molecular weight excluding hydrogens is 256 g/mol. The fourth-order valence-corrected chi connectivity index (χ4v) is 1.71. The third kappa shape index (κ3) is 4.04. The molecule has 2 heterocycles. The minimum absolute atomic E-state index is 0.192. The Kier molecular flexibility index (Phi) is 5.05. The fraction of sp³-hybridized carbons (Fsp3) is 0.385. The summed E-state index contributed by atoms with van der Waals surface area (Å²) in [6.07, 6.45) is 10.4. The van der Waals surface area contributed by atoms with E-state index in [1.807, 2.05) is 10.8 Å². The largest absolute Gasteiger partial charge is 0.372 e. The zero-order chi connectivity index (χ0) is 14.2. The number of imidazole rings is 1. The molecule has 0 aromatic carbocycles. The zero-order valence-corrected chi connectivity index (χ0v) is 11.4. The molecule has 0 radical (unpaired) electrons. The summed E-state index contributed by atoms with van der Waals surface area (Å²) in [5.74, 6) is 0.449. The standard InChI is InChI=1S/C13H18N6O/c1-14-12-9-17-11(8-18-12)13(20)16-4-2-3-6-19-7-5-15-10-19/h5,7-10H,2-4,6H2,1H3,(H,14,18)(H,16,20). The average Bonchev–Trinajstić information content (AvgIpc) is 3.00. The van der Waals surface area contributed by atoms with Crippen molar-refractivity contribution in [1.29, 1.82) is 0 Å². The van der Waals surface area contributed by atoms with E-state index in [1.165, 1.54) is 12.4 Å². The van der Waals surface area contributed by atoms with Crippen LogP contribution in [0, 0.1) is 0 Å². The van der Waals surface area contributed by atoms with Crippen molar-refractivity contribution >= 4 is 11.7 Å². The van der Waals surface area contributed by atoms with Crippen molar-refractivity contribution in [2.24, 2.45) is 0 Å². The number of amides is 1. The van der Waals surface area contributed by atoms with E-state index < -0.39 is 0 Å². The molecule has 0 aliphatic heterocycles. The van der Waals surface area contributed by atoms with Crippen LogP contribution in [0.15, 0.2) is 31.1 Å². The number of rotatable bonds is 7. The topological polar surface area (TPSA) is 84.7 Å². The van der Waals surface area contributed by atoms with Gasteiger partial charge in [0, 0.05) is 32.5 Å². The van der Waals surface area contributed by atoms with E-state index in [0.29, 0.717) is 18.1 Å². The van der Waals surface area contributed by atoms with Crippen LogP contribution in [0.5, 0.6) is 0 Å². The Morgan fingerprint density at radius 3 is 2.85 bits per heavy atom. The predicted octanol–water partition coefficient (Wildman–Crippen LogP) is 0.925. The fourth-order valence-electron chi connectivity index (χ4n) is 1.71. The number of unbranched alkanes of at least 4 members (excludes halogenated alkanes) is 1. The second kappa shape index (κ2) is 7.22. The van der Waals surface area contributed by atoms with Gasteiger partial charge >= 0.3 is 0 Å². The molecule has 2 N–H and O–H groups in total. The van der Waals surface area contributed by atoms with E-state index in [2.05, 4.69) is 25.6 Å². The summed E-state index contributed by atoms with van der Waals surface area (Å²) in [6.45, 7) is 1.54. The molecule has 0 aliphatic rings. The molecule has 0 atom stereocenters. The minimum atomic E-state index is -0.192. The van der Waals surface area contributed by atoms with Gasteiger partial charge in [0.1, 0.15) is 11.5 Å². The molecule has 2 aromatic rings. The highest BCUT2D eigenvalue weighted by molar-refractivity contribution is 5.91. The third-order valence-electron chi connectivity index (χ3n) is 2.83. The van der Waals surface area contributed by atoms with E-state index in [4.69, 9.17) is 0 Å². The number of nitrogens with one attached hydrogen (secondary N) is 2. The molecule has 0 saturated carbocycles. The Balaban J connectivity index is 1.66. The van der Waals surface area contributed by atoms with E-state index in [9.17, 15) is 4.79 Å². The Morgan fingerprint density at radius 1 is 1.30 bits per heavy atom. The van der Waals surface area contributed by atoms with Gasteiger partial charge in [-0.3, -0.25) is 4.79 Å². The third-order valence-corrected chi connectivity index (χ3v) is 2.83. The van der Waals surface area contributed by atoms with Crippen molar-refractivity contribution in [3.8, 4) is 0 Å². The van der Waals surface area contributed by atoms with Crippen LogP contribution in [-0.2, 0) is 6.54 Å². The molecule has 7 nitrogen and oxygen atoms in total. The number of aryl methyl sites for hydroxylation is 1. The number of carbonyl (C=O) groups excluding carboxylic acids is 1. The van der Waals surface area contributed by atoms with Crippen LogP contribution in [0.3, 0.4) is 0 Å². The second-order valence-corrected chi connectivity index (χ2v) is 4.30. The van der Waals surface area contributed by atoms with Crippen molar-refractivity contribution in [2.45, 2.75) is 19.4 Å². The lowest BCUT2D eigenvalue weighted by molar-refractivity contribution is 0.0947. The molecule has 7 heteroatoms. The van der Waals surface area contributed by atoms with E-state index >= 15 is 0 Å². The average molecular weight is 274 g/mol. The van der Waals surface area contributed by atoms with E-state index in [0.717, 1.165) is 19.4 Å². The predicted molar refractivity (Wildman–Crippen MR) is 75.4 cm³/mol. The highest BCUT2D eigenvalue weighted by Gasteiger charge is 2.06. The summed E-state index contributed by atoms with van der Waals surface area (Å²) in [7, 11) is 1.75. The maximum Gasteiger partial charge on any atom is 0.271 e. The SMILES string of the molecule is CNc1cnc(C(=O)NCCCCn2ccnc2)cn1. The summed E-state index contributed by atoms with van der Waals surface area (Å²) < 4.78 is 2.02. The van der Waals surface area contributed by atoms with Crippen LogP contribution in [0.1, 0.15) is 23.3 Å². The number of hydrogen-bond donors (Lipinski definition) is 2. The summed E-state index contributed by atoms with van der Waals surface area (Å²) in [6, 6.07) is 0. The van der Waals surface area contributed by atoms with Gasteiger partial charge in [-0.25, -0.2) is 15.0 Å².